The van der Waals surface area contributed by atoms with Crippen LogP contribution in [0.15, 0.2) is 48.2 Å². The highest BCUT2D eigenvalue weighted by atomic mass is 35.5. The molecule has 2 aromatic carbocycles. The summed E-state index contributed by atoms with van der Waals surface area (Å²) in [5.41, 5.74) is 0.855. The van der Waals surface area contributed by atoms with E-state index >= 15 is 0 Å². The van der Waals surface area contributed by atoms with Gasteiger partial charge in [0, 0.05) is 16.3 Å². The number of carbonyl (C=O) groups excluding carboxylic acids is 3. The fraction of sp³-hybridized carbons (Fsp3) is 0.150. The van der Waals surface area contributed by atoms with Crippen LogP contribution in [0.2, 0.25) is 5.02 Å². The first-order chi connectivity index (χ1) is 13.9. The Bertz CT molecular complexity index is 992. The molecule has 2 aromatic rings. The molecule has 1 aliphatic heterocycles. The molecule has 0 atom stereocenters. The summed E-state index contributed by atoms with van der Waals surface area (Å²) in [6, 6.07) is 9.30. The van der Waals surface area contributed by atoms with Crippen LogP contribution in [0.3, 0.4) is 0 Å². The van der Waals surface area contributed by atoms with Gasteiger partial charge in [0.1, 0.15) is 23.8 Å². The highest BCUT2D eigenvalue weighted by Gasteiger charge is 2.35. The van der Waals surface area contributed by atoms with Gasteiger partial charge in [0.05, 0.1) is 6.61 Å². The normalized spacial score (nSPS) is 14.9. The Morgan fingerprint density at radius 1 is 1.24 bits per heavy atom. The van der Waals surface area contributed by atoms with Gasteiger partial charge in [-0.1, -0.05) is 11.6 Å². The largest absolute Gasteiger partial charge is 0.493 e. The Kier molecular flexibility index (Phi) is 6.13. The molecule has 150 valence electrons. The van der Waals surface area contributed by atoms with Crippen LogP contribution in [0.25, 0.3) is 6.08 Å². The molecule has 3 rings (SSSR count). The Morgan fingerprint density at radius 3 is 2.66 bits per heavy atom. The number of ether oxygens (including phenoxy) is 1. The van der Waals surface area contributed by atoms with Crippen molar-refractivity contribution in [2.75, 3.05) is 18.5 Å². The molecule has 29 heavy (non-hydrogen) atoms. The summed E-state index contributed by atoms with van der Waals surface area (Å²) in [6.45, 7) is 1.73. The maximum atomic E-state index is 12.9. The number of imide groups is 1. The highest BCUT2D eigenvalue weighted by molar-refractivity contribution is 6.30. The molecule has 2 N–H and O–H groups in total. The standard InChI is InChI=1S/C20H17ClFN3O4/c1-2-29-17-8-3-13(21)9-12(17)10-16-19(27)25(20(28)24-16)11-18(26)23-15-6-4-14(22)5-7-15/h3-10H,2,11H2,1H3,(H,23,26)(H,24,28)/b16-10-. The second kappa shape index (κ2) is 8.74. The van der Waals surface area contributed by atoms with Crippen molar-refractivity contribution in [2.24, 2.45) is 0 Å². The number of rotatable bonds is 6. The predicted molar refractivity (Wildman–Crippen MR) is 106 cm³/mol. The second-order valence-corrected chi connectivity index (χ2v) is 6.49. The molecule has 0 aliphatic carbocycles. The number of halogens is 2. The van der Waals surface area contributed by atoms with E-state index in [1.165, 1.54) is 30.3 Å². The molecule has 0 spiro atoms. The summed E-state index contributed by atoms with van der Waals surface area (Å²) in [4.78, 5) is 37.7. The number of nitrogens with zero attached hydrogens (tertiary/aromatic N) is 1. The molecule has 7 nitrogen and oxygen atoms in total. The summed E-state index contributed by atoms with van der Waals surface area (Å²) in [7, 11) is 0. The van der Waals surface area contributed by atoms with Crippen LogP contribution in [-0.4, -0.2) is 35.9 Å². The third-order valence-electron chi connectivity index (χ3n) is 3.96. The van der Waals surface area contributed by atoms with Gasteiger partial charge in [-0.05, 0) is 55.5 Å². The fourth-order valence-electron chi connectivity index (χ4n) is 2.67. The average molecular weight is 418 g/mol. The number of hydrogen-bond donors (Lipinski definition) is 2. The van der Waals surface area contributed by atoms with E-state index in [2.05, 4.69) is 10.6 Å². The van der Waals surface area contributed by atoms with Crippen molar-refractivity contribution in [3.8, 4) is 5.75 Å². The first-order valence-corrected chi connectivity index (χ1v) is 9.07. The van der Waals surface area contributed by atoms with Gasteiger partial charge in [-0.2, -0.15) is 0 Å². The van der Waals surface area contributed by atoms with Crippen molar-refractivity contribution in [1.29, 1.82) is 0 Å². The highest BCUT2D eigenvalue weighted by Crippen LogP contribution is 2.26. The van der Waals surface area contributed by atoms with Crippen molar-refractivity contribution >= 4 is 41.2 Å². The lowest BCUT2D eigenvalue weighted by atomic mass is 10.1. The number of amides is 4. The maximum Gasteiger partial charge on any atom is 0.329 e. The van der Waals surface area contributed by atoms with E-state index in [1.807, 2.05) is 6.92 Å². The first kappa shape index (κ1) is 20.3. The zero-order valence-electron chi connectivity index (χ0n) is 15.4. The summed E-state index contributed by atoms with van der Waals surface area (Å²) >= 11 is 6.01. The molecule has 0 saturated carbocycles. The first-order valence-electron chi connectivity index (χ1n) is 8.69. The topological polar surface area (TPSA) is 87.7 Å². The molecule has 9 heteroatoms. The number of nitrogens with one attached hydrogen (secondary N) is 2. The Balaban J connectivity index is 1.74. The lowest BCUT2D eigenvalue weighted by molar-refractivity contribution is -0.127. The molecule has 1 fully saturated rings. The Morgan fingerprint density at radius 2 is 1.97 bits per heavy atom. The van der Waals surface area contributed by atoms with Crippen LogP contribution in [0.1, 0.15) is 12.5 Å². The van der Waals surface area contributed by atoms with Gasteiger partial charge in [0.2, 0.25) is 5.91 Å². The molecule has 0 radical (unpaired) electrons. The minimum Gasteiger partial charge on any atom is -0.493 e. The second-order valence-electron chi connectivity index (χ2n) is 6.05. The number of anilines is 1. The van der Waals surface area contributed by atoms with Crippen molar-refractivity contribution in [2.45, 2.75) is 6.92 Å². The number of hydrogen-bond acceptors (Lipinski definition) is 4. The summed E-state index contributed by atoms with van der Waals surface area (Å²) in [6.07, 6.45) is 1.44. The third-order valence-corrected chi connectivity index (χ3v) is 4.20. The Hall–Kier alpha value is -3.39. The van der Waals surface area contributed by atoms with Gasteiger partial charge in [-0.3, -0.25) is 9.59 Å². The Labute approximate surface area is 171 Å². The molecular formula is C20H17ClFN3O4. The third kappa shape index (κ3) is 4.91. The molecular weight excluding hydrogens is 401 g/mol. The van der Waals surface area contributed by atoms with E-state index in [9.17, 15) is 18.8 Å². The van der Waals surface area contributed by atoms with E-state index in [0.29, 0.717) is 28.6 Å². The molecule has 0 bridgehead atoms. The molecule has 1 aliphatic rings. The van der Waals surface area contributed by atoms with Crippen molar-refractivity contribution in [3.05, 3.63) is 64.6 Å². The zero-order valence-corrected chi connectivity index (χ0v) is 16.1. The molecule has 0 unspecified atom stereocenters. The molecule has 0 aromatic heterocycles. The average Bonchev–Trinajstić information content (AvgIpc) is 2.93. The smallest absolute Gasteiger partial charge is 0.329 e. The van der Waals surface area contributed by atoms with E-state index in [1.54, 1.807) is 18.2 Å². The summed E-state index contributed by atoms with van der Waals surface area (Å²) in [5, 5.41) is 5.37. The van der Waals surface area contributed by atoms with E-state index in [-0.39, 0.29) is 5.70 Å². The molecule has 1 saturated heterocycles. The minimum atomic E-state index is -0.726. The van der Waals surface area contributed by atoms with Gasteiger partial charge >= 0.3 is 6.03 Å². The van der Waals surface area contributed by atoms with Crippen LogP contribution in [0.5, 0.6) is 5.75 Å². The lowest BCUT2D eigenvalue weighted by Gasteiger charge is -2.12. The maximum absolute atomic E-state index is 12.9. The summed E-state index contributed by atoms with van der Waals surface area (Å²) in [5.74, 6) is -1.20. The SMILES string of the molecule is CCOc1ccc(Cl)cc1/C=C1\NC(=O)N(CC(=O)Nc2ccc(F)cc2)C1=O. The van der Waals surface area contributed by atoms with E-state index < -0.39 is 30.2 Å². The van der Waals surface area contributed by atoms with Gasteiger partial charge in [0.25, 0.3) is 5.91 Å². The molecule has 1 heterocycles. The van der Waals surface area contributed by atoms with Crippen LogP contribution >= 0.6 is 11.6 Å². The number of carbonyl (C=O) groups is 3. The van der Waals surface area contributed by atoms with Gasteiger partial charge in [0.15, 0.2) is 0 Å². The van der Waals surface area contributed by atoms with Crippen molar-refractivity contribution in [3.63, 3.8) is 0 Å². The van der Waals surface area contributed by atoms with E-state index in [0.717, 1.165) is 4.90 Å². The molecule has 4 amide bonds. The van der Waals surface area contributed by atoms with Crippen molar-refractivity contribution in [1.82, 2.24) is 10.2 Å². The quantitative estimate of drug-likeness (QED) is 0.557. The van der Waals surface area contributed by atoms with E-state index in [4.69, 9.17) is 16.3 Å². The van der Waals surface area contributed by atoms with Crippen molar-refractivity contribution < 1.29 is 23.5 Å². The van der Waals surface area contributed by atoms with Crippen LogP contribution in [0, 0.1) is 5.82 Å². The zero-order chi connectivity index (χ0) is 21.0. The van der Waals surface area contributed by atoms with Crippen LogP contribution in [0.4, 0.5) is 14.9 Å². The summed E-state index contributed by atoms with van der Waals surface area (Å²) < 4.78 is 18.4. The lowest BCUT2D eigenvalue weighted by Crippen LogP contribution is -2.38. The predicted octanol–water partition coefficient (Wildman–Crippen LogP) is 3.41. The fourth-order valence-corrected chi connectivity index (χ4v) is 2.85. The van der Waals surface area contributed by atoms with Gasteiger partial charge in [-0.15, -0.1) is 0 Å². The van der Waals surface area contributed by atoms with Gasteiger partial charge < -0.3 is 15.4 Å². The minimum absolute atomic E-state index is 0.00666. The van der Waals surface area contributed by atoms with Crippen LogP contribution in [-0.2, 0) is 9.59 Å². The van der Waals surface area contributed by atoms with Gasteiger partial charge in [-0.25, -0.2) is 14.1 Å². The monoisotopic (exact) mass is 417 g/mol. The number of benzene rings is 2. The van der Waals surface area contributed by atoms with Crippen LogP contribution < -0.4 is 15.4 Å². The number of urea groups is 1.